The van der Waals surface area contributed by atoms with Crippen molar-refractivity contribution in [1.29, 1.82) is 0 Å². The van der Waals surface area contributed by atoms with Crippen LogP contribution in [0.1, 0.15) is 38.7 Å². The number of aromatic hydroxyl groups is 1. The van der Waals surface area contributed by atoms with Crippen LogP contribution in [-0.2, 0) is 11.2 Å². The van der Waals surface area contributed by atoms with Crippen molar-refractivity contribution in [3.05, 3.63) is 29.8 Å². The number of nitrogens with zero attached hydrogens (tertiary/aromatic N) is 2. The normalized spacial score (nSPS) is 15.4. The molecule has 1 heterocycles. The third-order valence-electron chi connectivity index (χ3n) is 4.79. The Bertz CT molecular complexity index is 633. The number of halogens is 1. The fourth-order valence-electron chi connectivity index (χ4n) is 3.28. The second-order valence-corrected chi connectivity index (χ2v) is 7.23. The number of carbonyl (C=O) groups excluding carboxylic acids is 1. The van der Waals surface area contributed by atoms with Gasteiger partial charge in [0.1, 0.15) is 5.75 Å². The van der Waals surface area contributed by atoms with Gasteiger partial charge in [-0.2, -0.15) is 0 Å². The number of phenolic OH excluding ortho intramolecular Hbond substituents is 1. The Balaban J connectivity index is 0.00000420. The van der Waals surface area contributed by atoms with Gasteiger partial charge in [-0.05, 0) is 50.3 Å². The minimum absolute atomic E-state index is 0. The van der Waals surface area contributed by atoms with E-state index in [-0.39, 0.29) is 29.9 Å². The number of carbonyl (C=O) groups is 1. The van der Waals surface area contributed by atoms with Crippen LogP contribution in [0.2, 0.25) is 0 Å². The van der Waals surface area contributed by atoms with Gasteiger partial charge in [-0.3, -0.25) is 14.7 Å². The van der Waals surface area contributed by atoms with Crippen molar-refractivity contribution in [2.75, 3.05) is 39.3 Å². The van der Waals surface area contributed by atoms with E-state index >= 15 is 0 Å². The van der Waals surface area contributed by atoms with Crippen LogP contribution in [0.4, 0.5) is 0 Å². The molecule has 1 fully saturated rings. The first-order valence-corrected chi connectivity index (χ1v) is 10.4. The molecule has 0 radical (unpaired) electrons. The van der Waals surface area contributed by atoms with Crippen molar-refractivity contribution in [2.45, 2.75) is 45.6 Å². The molecule has 1 aliphatic rings. The summed E-state index contributed by atoms with van der Waals surface area (Å²) in [6, 6.07) is 7.69. The number of amides is 1. The molecule has 29 heavy (non-hydrogen) atoms. The summed E-state index contributed by atoms with van der Waals surface area (Å²) in [5.74, 6) is 1.25. The minimum atomic E-state index is 0. The van der Waals surface area contributed by atoms with Crippen LogP contribution >= 0.6 is 24.0 Å². The highest BCUT2D eigenvalue weighted by atomic mass is 127. The molecular weight excluding hydrogens is 481 g/mol. The first-order valence-electron chi connectivity index (χ1n) is 10.4. The van der Waals surface area contributed by atoms with Crippen LogP contribution in [0.5, 0.6) is 5.75 Å². The Kier molecular flexibility index (Phi) is 12.7. The first-order chi connectivity index (χ1) is 13.6. The summed E-state index contributed by atoms with van der Waals surface area (Å²) in [6.07, 6.45) is 3.75. The number of rotatable bonds is 9. The van der Waals surface area contributed by atoms with Gasteiger partial charge in [0.15, 0.2) is 5.96 Å². The number of guanidine groups is 1. The Morgan fingerprint density at radius 1 is 1.24 bits per heavy atom. The SMILES string of the molecule is CCCNC(=O)CN1CCC(NC(=NCCc2cccc(O)c2)NCC)CC1.I. The number of hydrogen-bond acceptors (Lipinski definition) is 4. The Morgan fingerprint density at radius 2 is 2.00 bits per heavy atom. The molecule has 0 atom stereocenters. The number of piperidine rings is 1. The maximum atomic E-state index is 11.9. The largest absolute Gasteiger partial charge is 0.508 e. The second-order valence-electron chi connectivity index (χ2n) is 7.23. The quantitative estimate of drug-likeness (QED) is 0.229. The van der Waals surface area contributed by atoms with Crippen molar-refractivity contribution in [3.8, 4) is 5.75 Å². The summed E-state index contributed by atoms with van der Waals surface area (Å²) in [5.41, 5.74) is 1.08. The van der Waals surface area contributed by atoms with Crippen LogP contribution in [0.25, 0.3) is 0 Å². The summed E-state index contributed by atoms with van der Waals surface area (Å²) in [5, 5.41) is 19.3. The average Bonchev–Trinajstić information content (AvgIpc) is 2.68. The van der Waals surface area contributed by atoms with E-state index in [0.717, 1.165) is 63.4 Å². The van der Waals surface area contributed by atoms with Gasteiger partial charge >= 0.3 is 0 Å². The minimum Gasteiger partial charge on any atom is -0.508 e. The van der Waals surface area contributed by atoms with E-state index in [9.17, 15) is 9.90 Å². The van der Waals surface area contributed by atoms with Gasteiger partial charge in [0, 0.05) is 38.8 Å². The van der Waals surface area contributed by atoms with Gasteiger partial charge in [0.25, 0.3) is 0 Å². The number of benzene rings is 1. The molecule has 1 amide bonds. The van der Waals surface area contributed by atoms with Crippen molar-refractivity contribution < 1.29 is 9.90 Å². The van der Waals surface area contributed by atoms with E-state index in [0.29, 0.717) is 24.9 Å². The lowest BCUT2D eigenvalue weighted by molar-refractivity contribution is -0.122. The van der Waals surface area contributed by atoms with Gasteiger partial charge in [-0.15, -0.1) is 24.0 Å². The first kappa shape index (κ1) is 25.5. The third kappa shape index (κ3) is 10.2. The highest BCUT2D eigenvalue weighted by Gasteiger charge is 2.21. The molecule has 1 aliphatic heterocycles. The number of likely N-dealkylation sites (tertiary alicyclic amines) is 1. The fourth-order valence-corrected chi connectivity index (χ4v) is 3.28. The van der Waals surface area contributed by atoms with Crippen LogP contribution in [0.3, 0.4) is 0 Å². The zero-order valence-corrected chi connectivity index (χ0v) is 19.9. The molecule has 4 N–H and O–H groups in total. The van der Waals surface area contributed by atoms with Crippen molar-refractivity contribution in [1.82, 2.24) is 20.9 Å². The zero-order chi connectivity index (χ0) is 20.2. The Labute approximate surface area is 191 Å². The summed E-state index contributed by atoms with van der Waals surface area (Å²) in [7, 11) is 0. The third-order valence-corrected chi connectivity index (χ3v) is 4.79. The van der Waals surface area contributed by atoms with E-state index in [1.54, 1.807) is 12.1 Å². The maximum Gasteiger partial charge on any atom is 0.234 e. The van der Waals surface area contributed by atoms with E-state index in [2.05, 4.69) is 39.7 Å². The second kappa shape index (κ2) is 14.4. The van der Waals surface area contributed by atoms with E-state index in [1.807, 2.05) is 12.1 Å². The summed E-state index contributed by atoms with van der Waals surface area (Å²) >= 11 is 0. The van der Waals surface area contributed by atoms with E-state index in [1.165, 1.54) is 0 Å². The molecule has 1 aromatic rings. The Hall–Kier alpha value is -1.55. The predicted molar refractivity (Wildman–Crippen MR) is 129 cm³/mol. The van der Waals surface area contributed by atoms with Gasteiger partial charge in [-0.25, -0.2) is 0 Å². The Morgan fingerprint density at radius 3 is 2.66 bits per heavy atom. The van der Waals surface area contributed by atoms with E-state index < -0.39 is 0 Å². The number of aliphatic imine (C=N–C) groups is 1. The van der Waals surface area contributed by atoms with Crippen molar-refractivity contribution in [2.24, 2.45) is 4.99 Å². The molecule has 0 saturated carbocycles. The topological polar surface area (TPSA) is 89.0 Å². The molecule has 0 bridgehead atoms. The van der Waals surface area contributed by atoms with Crippen molar-refractivity contribution >= 4 is 35.8 Å². The maximum absolute atomic E-state index is 11.9. The zero-order valence-electron chi connectivity index (χ0n) is 17.6. The van der Waals surface area contributed by atoms with Crippen LogP contribution < -0.4 is 16.0 Å². The fraction of sp³-hybridized carbons (Fsp3) is 0.619. The molecule has 0 aliphatic carbocycles. The summed E-state index contributed by atoms with van der Waals surface area (Å²) in [6.45, 7) is 8.67. The molecule has 164 valence electrons. The monoisotopic (exact) mass is 517 g/mol. The lowest BCUT2D eigenvalue weighted by Crippen LogP contribution is -2.50. The van der Waals surface area contributed by atoms with Crippen LogP contribution in [-0.4, -0.2) is 67.2 Å². The van der Waals surface area contributed by atoms with Gasteiger partial charge < -0.3 is 21.1 Å². The molecule has 0 aromatic heterocycles. The molecule has 0 unspecified atom stereocenters. The predicted octanol–water partition coefficient (Wildman–Crippen LogP) is 2.10. The van der Waals surface area contributed by atoms with E-state index in [4.69, 9.17) is 0 Å². The highest BCUT2D eigenvalue weighted by molar-refractivity contribution is 14.0. The van der Waals surface area contributed by atoms with Crippen LogP contribution in [0.15, 0.2) is 29.3 Å². The molecule has 0 spiro atoms. The average molecular weight is 517 g/mol. The lowest BCUT2D eigenvalue weighted by atomic mass is 10.1. The molecule has 7 nitrogen and oxygen atoms in total. The smallest absolute Gasteiger partial charge is 0.234 e. The van der Waals surface area contributed by atoms with Gasteiger partial charge in [-0.1, -0.05) is 19.1 Å². The van der Waals surface area contributed by atoms with Gasteiger partial charge in [0.05, 0.1) is 6.54 Å². The molecule has 1 saturated heterocycles. The molecule has 8 heteroatoms. The molecule has 1 aromatic carbocycles. The number of hydrogen-bond donors (Lipinski definition) is 4. The van der Waals surface area contributed by atoms with Crippen molar-refractivity contribution in [3.63, 3.8) is 0 Å². The van der Waals surface area contributed by atoms with Gasteiger partial charge in [0.2, 0.25) is 5.91 Å². The molecular formula is C21H36IN5O2. The standard InChI is InChI=1S/C21H35N5O2.HI/c1-3-11-23-20(28)16-26-13-9-18(10-14-26)25-21(22-4-2)24-12-8-17-6-5-7-19(27)15-17;/h5-7,15,18,27H,3-4,8-14,16H2,1-2H3,(H,23,28)(H2,22,24,25);1H. The summed E-state index contributed by atoms with van der Waals surface area (Å²) < 4.78 is 0. The summed E-state index contributed by atoms with van der Waals surface area (Å²) in [4.78, 5) is 18.7. The number of phenols is 1. The van der Waals surface area contributed by atoms with Crippen LogP contribution in [0, 0.1) is 0 Å². The lowest BCUT2D eigenvalue weighted by Gasteiger charge is -2.32. The number of nitrogens with one attached hydrogen (secondary N) is 3. The molecule has 2 rings (SSSR count). The highest BCUT2D eigenvalue weighted by Crippen LogP contribution is 2.12.